The van der Waals surface area contributed by atoms with Crippen LogP contribution in [0.15, 0.2) is 22.7 Å². The van der Waals surface area contributed by atoms with E-state index in [9.17, 15) is 9.59 Å². The molecule has 0 saturated heterocycles. The first-order valence-corrected chi connectivity index (χ1v) is 6.09. The van der Waals surface area contributed by atoms with E-state index in [4.69, 9.17) is 0 Å². The van der Waals surface area contributed by atoms with Crippen LogP contribution in [0.5, 0.6) is 0 Å². The molecule has 1 aliphatic rings. The first kappa shape index (κ1) is 12.1. The van der Waals surface area contributed by atoms with E-state index in [0.717, 1.165) is 15.8 Å². The van der Waals surface area contributed by atoms with E-state index >= 15 is 0 Å². The van der Waals surface area contributed by atoms with Gasteiger partial charge in [0.2, 0.25) is 5.91 Å². The molecule has 1 amide bonds. The van der Waals surface area contributed by atoms with Crippen LogP contribution in [0.2, 0.25) is 0 Å². The maximum Gasteiger partial charge on any atom is 0.246 e. The molecule has 1 aromatic carbocycles. The molecule has 0 N–H and O–H groups in total. The van der Waals surface area contributed by atoms with Crippen molar-refractivity contribution in [2.45, 2.75) is 6.92 Å². The van der Waals surface area contributed by atoms with Gasteiger partial charge in [-0.25, -0.2) is 0 Å². The molecule has 2 rings (SSSR count). The fourth-order valence-corrected chi connectivity index (χ4v) is 2.28. The standard InChI is InChI=1S/C12H13BrN2O2/c1-8(16)6-15-7-12(17)14(2)10-4-3-9(13)5-11(10)15/h3-5H,6-7H2,1-2H3. The van der Waals surface area contributed by atoms with Crippen LogP contribution in [-0.4, -0.2) is 31.8 Å². The molecule has 0 unspecified atom stereocenters. The largest absolute Gasteiger partial charge is 0.353 e. The second-order valence-electron chi connectivity index (χ2n) is 4.14. The Morgan fingerprint density at radius 1 is 1.41 bits per heavy atom. The highest BCUT2D eigenvalue weighted by molar-refractivity contribution is 9.10. The molecule has 4 nitrogen and oxygen atoms in total. The topological polar surface area (TPSA) is 40.6 Å². The van der Waals surface area contributed by atoms with E-state index in [1.165, 1.54) is 6.92 Å². The normalized spacial score (nSPS) is 14.9. The molecule has 0 fully saturated rings. The number of hydrogen-bond donors (Lipinski definition) is 0. The van der Waals surface area contributed by atoms with E-state index in [1.807, 2.05) is 23.1 Å². The van der Waals surface area contributed by atoms with Crippen LogP contribution >= 0.6 is 15.9 Å². The Morgan fingerprint density at radius 2 is 2.12 bits per heavy atom. The molecule has 1 aliphatic heterocycles. The third-order valence-electron chi connectivity index (χ3n) is 2.75. The van der Waals surface area contributed by atoms with E-state index < -0.39 is 0 Å². The molecule has 0 saturated carbocycles. The van der Waals surface area contributed by atoms with E-state index in [1.54, 1.807) is 11.9 Å². The number of fused-ring (bicyclic) bond motifs is 1. The van der Waals surface area contributed by atoms with Gasteiger partial charge >= 0.3 is 0 Å². The Morgan fingerprint density at radius 3 is 2.76 bits per heavy atom. The zero-order valence-corrected chi connectivity index (χ0v) is 11.3. The van der Waals surface area contributed by atoms with Crippen molar-refractivity contribution in [1.82, 2.24) is 0 Å². The second-order valence-corrected chi connectivity index (χ2v) is 5.06. The minimum absolute atomic E-state index is 0.000993. The summed E-state index contributed by atoms with van der Waals surface area (Å²) in [6.07, 6.45) is 0. The first-order valence-electron chi connectivity index (χ1n) is 5.29. The van der Waals surface area contributed by atoms with Crippen LogP contribution in [0.4, 0.5) is 11.4 Å². The van der Waals surface area contributed by atoms with Gasteiger partial charge in [0.25, 0.3) is 0 Å². The van der Waals surface area contributed by atoms with Crippen LogP contribution < -0.4 is 9.80 Å². The average molecular weight is 297 g/mol. The van der Waals surface area contributed by atoms with Crippen LogP contribution in [-0.2, 0) is 9.59 Å². The Labute approximate surface area is 108 Å². The van der Waals surface area contributed by atoms with Crippen LogP contribution in [0.1, 0.15) is 6.92 Å². The molecule has 17 heavy (non-hydrogen) atoms. The lowest BCUT2D eigenvalue weighted by molar-refractivity contribution is -0.117. The van der Waals surface area contributed by atoms with Crippen molar-refractivity contribution in [2.24, 2.45) is 0 Å². The number of hydrogen-bond acceptors (Lipinski definition) is 3. The van der Waals surface area contributed by atoms with Crippen molar-refractivity contribution in [3.63, 3.8) is 0 Å². The van der Waals surface area contributed by atoms with Gasteiger partial charge < -0.3 is 9.80 Å². The molecule has 0 radical (unpaired) electrons. The van der Waals surface area contributed by atoms with Crippen LogP contribution in [0.3, 0.4) is 0 Å². The van der Waals surface area contributed by atoms with Gasteiger partial charge in [-0.3, -0.25) is 9.59 Å². The van der Waals surface area contributed by atoms with Gasteiger partial charge in [-0.05, 0) is 25.1 Å². The summed E-state index contributed by atoms with van der Waals surface area (Å²) in [4.78, 5) is 26.4. The number of amides is 1. The maximum atomic E-state index is 11.8. The molecular formula is C12H13BrN2O2. The molecule has 0 bridgehead atoms. The summed E-state index contributed by atoms with van der Waals surface area (Å²) < 4.78 is 0.938. The maximum absolute atomic E-state index is 11.8. The van der Waals surface area contributed by atoms with Crippen LogP contribution in [0, 0.1) is 0 Å². The summed E-state index contributed by atoms with van der Waals surface area (Å²) in [5, 5.41) is 0. The summed E-state index contributed by atoms with van der Waals surface area (Å²) in [6, 6.07) is 5.70. The van der Waals surface area contributed by atoms with E-state index in [2.05, 4.69) is 15.9 Å². The Hall–Kier alpha value is -1.36. The minimum Gasteiger partial charge on any atom is -0.353 e. The van der Waals surface area contributed by atoms with Gasteiger partial charge in [0.1, 0.15) is 5.78 Å². The number of halogens is 1. The number of carbonyl (C=O) groups excluding carboxylic acids is 2. The number of Topliss-reactive ketones (excluding diaryl/α,β-unsaturated/α-hetero) is 1. The molecule has 0 aromatic heterocycles. The van der Waals surface area contributed by atoms with E-state index in [-0.39, 0.29) is 24.8 Å². The Bertz CT molecular complexity index is 487. The second kappa shape index (κ2) is 4.49. The van der Waals surface area contributed by atoms with Crippen molar-refractivity contribution in [2.75, 3.05) is 29.9 Å². The number of likely N-dealkylation sites (N-methyl/N-ethyl adjacent to an activating group) is 1. The molecular weight excluding hydrogens is 284 g/mol. The predicted octanol–water partition coefficient (Wildman–Crippen LogP) is 1.82. The molecule has 5 heteroatoms. The van der Waals surface area contributed by atoms with Crippen molar-refractivity contribution >= 4 is 39.0 Å². The predicted molar refractivity (Wildman–Crippen MR) is 70.4 cm³/mol. The number of anilines is 2. The zero-order valence-electron chi connectivity index (χ0n) is 9.74. The van der Waals surface area contributed by atoms with E-state index in [0.29, 0.717) is 0 Å². The molecule has 0 aliphatic carbocycles. The smallest absolute Gasteiger partial charge is 0.246 e. The lowest BCUT2D eigenvalue weighted by Crippen LogP contribution is -2.45. The van der Waals surface area contributed by atoms with Gasteiger partial charge in [0.15, 0.2) is 0 Å². The number of ketones is 1. The number of carbonyl (C=O) groups is 2. The minimum atomic E-state index is 0.000993. The van der Waals surface area contributed by atoms with Gasteiger partial charge in [0.05, 0.1) is 24.5 Å². The summed E-state index contributed by atoms with van der Waals surface area (Å²) in [5.74, 6) is 0.0503. The fraction of sp³-hybridized carbons (Fsp3) is 0.333. The van der Waals surface area contributed by atoms with Gasteiger partial charge in [-0.2, -0.15) is 0 Å². The molecule has 1 heterocycles. The summed E-state index contributed by atoms with van der Waals surface area (Å²) >= 11 is 3.40. The average Bonchev–Trinajstić information content (AvgIpc) is 2.25. The SMILES string of the molecule is CC(=O)CN1CC(=O)N(C)c2ccc(Br)cc21. The van der Waals surface area contributed by atoms with Gasteiger partial charge in [-0.1, -0.05) is 15.9 Å². The number of rotatable bonds is 2. The first-order chi connectivity index (χ1) is 7.99. The fourth-order valence-electron chi connectivity index (χ4n) is 1.93. The highest BCUT2D eigenvalue weighted by Gasteiger charge is 2.27. The highest BCUT2D eigenvalue weighted by atomic mass is 79.9. The lowest BCUT2D eigenvalue weighted by Gasteiger charge is -2.35. The lowest BCUT2D eigenvalue weighted by atomic mass is 10.1. The number of nitrogens with zero attached hydrogens (tertiary/aromatic N) is 2. The summed E-state index contributed by atoms with van der Waals surface area (Å²) in [6.45, 7) is 2.04. The third kappa shape index (κ3) is 2.34. The molecule has 1 aromatic rings. The van der Waals surface area contributed by atoms with Crippen molar-refractivity contribution in [1.29, 1.82) is 0 Å². The monoisotopic (exact) mass is 296 g/mol. The highest BCUT2D eigenvalue weighted by Crippen LogP contribution is 2.34. The summed E-state index contributed by atoms with van der Waals surface area (Å²) in [5.41, 5.74) is 1.75. The van der Waals surface area contributed by atoms with Crippen molar-refractivity contribution in [3.05, 3.63) is 22.7 Å². The van der Waals surface area contributed by atoms with Crippen molar-refractivity contribution < 1.29 is 9.59 Å². The quantitative estimate of drug-likeness (QED) is 0.836. The Kier molecular flexibility index (Phi) is 3.19. The van der Waals surface area contributed by atoms with Crippen molar-refractivity contribution in [3.8, 4) is 0 Å². The van der Waals surface area contributed by atoms with Crippen LogP contribution in [0.25, 0.3) is 0 Å². The summed E-state index contributed by atoms with van der Waals surface area (Å²) in [7, 11) is 1.75. The Balaban J connectivity index is 2.46. The third-order valence-corrected chi connectivity index (χ3v) is 3.25. The zero-order chi connectivity index (χ0) is 12.6. The van der Waals surface area contributed by atoms with Gasteiger partial charge in [-0.15, -0.1) is 0 Å². The molecule has 0 spiro atoms. The molecule has 0 atom stereocenters. The molecule has 90 valence electrons. The number of benzene rings is 1. The van der Waals surface area contributed by atoms with Gasteiger partial charge in [0, 0.05) is 11.5 Å².